The molecule has 1 saturated heterocycles. The number of nitrogens with zero attached hydrogens (tertiary/aromatic N) is 1. The molecule has 0 unspecified atom stereocenters. The van der Waals surface area contributed by atoms with Gasteiger partial charge in [-0.2, -0.15) is 0 Å². The lowest BCUT2D eigenvalue weighted by Gasteiger charge is -2.25. The van der Waals surface area contributed by atoms with E-state index in [1.54, 1.807) is 0 Å². The van der Waals surface area contributed by atoms with Gasteiger partial charge in [-0.3, -0.25) is 0 Å². The molecule has 2 aliphatic carbocycles. The van der Waals surface area contributed by atoms with Crippen LogP contribution in [0.1, 0.15) is 44.9 Å². The second-order valence-corrected chi connectivity index (χ2v) is 5.74. The zero-order chi connectivity index (χ0) is 9.65. The van der Waals surface area contributed by atoms with E-state index in [0.717, 1.165) is 0 Å². The van der Waals surface area contributed by atoms with Crippen LogP contribution in [0.4, 0.5) is 0 Å². The minimum absolute atomic E-state index is 0.284. The van der Waals surface area contributed by atoms with Crippen molar-refractivity contribution >= 4 is 0 Å². The maximum atomic E-state index is 6.35. The Kier molecular flexibility index (Phi) is 1.94. The highest BCUT2D eigenvalue weighted by molar-refractivity contribution is 5.18. The number of nitrogens with two attached hydrogens (primary N) is 1. The van der Waals surface area contributed by atoms with Crippen LogP contribution in [0.5, 0.6) is 0 Å². The first-order valence-corrected chi connectivity index (χ1v) is 6.26. The zero-order valence-electron chi connectivity index (χ0n) is 9.10. The smallest absolute Gasteiger partial charge is 0.0213 e. The van der Waals surface area contributed by atoms with Crippen LogP contribution >= 0.6 is 0 Å². The second-order valence-electron chi connectivity index (χ2n) is 5.74. The average Bonchev–Trinajstić information content (AvgIpc) is 3.07. The Hall–Kier alpha value is -0.0800. The third-order valence-electron chi connectivity index (χ3n) is 4.80. The van der Waals surface area contributed by atoms with Gasteiger partial charge in [-0.05, 0) is 70.0 Å². The van der Waals surface area contributed by atoms with Crippen molar-refractivity contribution in [3.8, 4) is 0 Å². The minimum Gasteiger partial charge on any atom is -0.325 e. The fraction of sp³-hybridized carbons (Fsp3) is 1.00. The number of likely N-dealkylation sites (tertiary alicyclic amines) is 1. The number of hydrogen-bond acceptors (Lipinski definition) is 2. The Balaban J connectivity index is 1.52. The summed E-state index contributed by atoms with van der Waals surface area (Å²) in [7, 11) is 0. The average molecular weight is 194 g/mol. The molecule has 2 nitrogen and oxygen atoms in total. The molecule has 3 rings (SSSR count). The Morgan fingerprint density at radius 3 is 2.14 bits per heavy atom. The van der Waals surface area contributed by atoms with Crippen molar-refractivity contribution in [2.75, 3.05) is 19.6 Å². The zero-order valence-corrected chi connectivity index (χ0v) is 9.10. The Labute approximate surface area is 86.8 Å². The summed E-state index contributed by atoms with van der Waals surface area (Å²) in [6.07, 6.45) is 9.64. The fourth-order valence-corrected chi connectivity index (χ4v) is 3.19. The SMILES string of the molecule is NC1(C2(CCN3CCCC3)CC2)CC1. The molecule has 0 amide bonds. The van der Waals surface area contributed by atoms with E-state index in [-0.39, 0.29) is 5.54 Å². The van der Waals surface area contributed by atoms with E-state index >= 15 is 0 Å². The van der Waals surface area contributed by atoms with Crippen molar-refractivity contribution in [3.05, 3.63) is 0 Å². The predicted octanol–water partition coefficient (Wildman–Crippen LogP) is 1.74. The largest absolute Gasteiger partial charge is 0.325 e. The molecule has 3 aliphatic rings. The normalized spacial score (nSPS) is 33.2. The molecule has 0 aromatic heterocycles. The molecule has 1 heterocycles. The van der Waals surface area contributed by atoms with Gasteiger partial charge in [0.2, 0.25) is 0 Å². The van der Waals surface area contributed by atoms with E-state index < -0.39 is 0 Å². The molecule has 1 aliphatic heterocycles. The Bertz CT molecular complexity index is 222. The molecule has 3 fully saturated rings. The van der Waals surface area contributed by atoms with Gasteiger partial charge in [0.1, 0.15) is 0 Å². The van der Waals surface area contributed by atoms with E-state index in [2.05, 4.69) is 4.90 Å². The number of rotatable bonds is 4. The summed E-state index contributed by atoms with van der Waals surface area (Å²) in [5.41, 5.74) is 7.23. The lowest BCUT2D eigenvalue weighted by molar-refractivity contribution is 0.262. The van der Waals surface area contributed by atoms with E-state index in [1.807, 2.05) is 0 Å². The molecule has 0 aromatic rings. The van der Waals surface area contributed by atoms with Crippen LogP contribution in [-0.2, 0) is 0 Å². The van der Waals surface area contributed by atoms with Crippen LogP contribution in [0.3, 0.4) is 0 Å². The van der Waals surface area contributed by atoms with E-state index in [0.29, 0.717) is 5.41 Å². The quantitative estimate of drug-likeness (QED) is 0.738. The fourth-order valence-electron chi connectivity index (χ4n) is 3.19. The summed E-state index contributed by atoms with van der Waals surface area (Å²) in [4.78, 5) is 2.63. The van der Waals surface area contributed by atoms with Gasteiger partial charge in [0.25, 0.3) is 0 Å². The van der Waals surface area contributed by atoms with Gasteiger partial charge in [-0.15, -0.1) is 0 Å². The first kappa shape index (κ1) is 9.17. The van der Waals surface area contributed by atoms with Gasteiger partial charge < -0.3 is 10.6 Å². The van der Waals surface area contributed by atoms with E-state index in [4.69, 9.17) is 5.73 Å². The van der Waals surface area contributed by atoms with Crippen LogP contribution in [-0.4, -0.2) is 30.1 Å². The topological polar surface area (TPSA) is 29.3 Å². The van der Waals surface area contributed by atoms with Crippen LogP contribution in [0, 0.1) is 5.41 Å². The summed E-state index contributed by atoms with van der Waals surface area (Å²) < 4.78 is 0. The third-order valence-corrected chi connectivity index (χ3v) is 4.80. The van der Waals surface area contributed by atoms with Crippen molar-refractivity contribution < 1.29 is 0 Å². The molecule has 0 aromatic carbocycles. The molecular weight excluding hydrogens is 172 g/mol. The van der Waals surface area contributed by atoms with Gasteiger partial charge in [0.05, 0.1) is 0 Å². The van der Waals surface area contributed by atoms with E-state index in [9.17, 15) is 0 Å². The maximum Gasteiger partial charge on any atom is 0.0213 e. The molecule has 2 N–H and O–H groups in total. The summed E-state index contributed by atoms with van der Waals surface area (Å²) in [5.74, 6) is 0. The van der Waals surface area contributed by atoms with E-state index in [1.165, 1.54) is 64.6 Å². The molecule has 14 heavy (non-hydrogen) atoms. The van der Waals surface area contributed by atoms with Gasteiger partial charge in [0, 0.05) is 5.54 Å². The minimum atomic E-state index is 0.284. The highest BCUT2D eigenvalue weighted by Gasteiger charge is 2.62. The van der Waals surface area contributed by atoms with Crippen molar-refractivity contribution in [3.63, 3.8) is 0 Å². The molecule has 0 radical (unpaired) electrons. The summed E-state index contributed by atoms with van der Waals surface area (Å²) in [6.45, 7) is 4.00. The summed E-state index contributed by atoms with van der Waals surface area (Å²) >= 11 is 0. The molecule has 0 atom stereocenters. The monoisotopic (exact) mass is 194 g/mol. The molecule has 80 valence electrons. The van der Waals surface area contributed by atoms with Gasteiger partial charge in [0.15, 0.2) is 0 Å². The van der Waals surface area contributed by atoms with Crippen LogP contribution < -0.4 is 5.73 Å². The lowest BCUT2D eigenvalue weighted by atomic mass is 9.90. The van der Waals surface area contributed by atoms with Crippen molar-refractivity contribution in [2.45, 2.75) is 50.5 Å². The second kappa shape index (κ2) is 2.96. The maximum absolute atomic E-state index is 6.35. The number of hydrogen-bond donors (Lipinski definition) is 1. The van der Waals surface area contributed by atoms with Crippen molar-refractivity contribution in [1.29, 1.82) is 0 Å². The van der Waals surface area contributed by atoms with Crippen LogP contribution in [0.25, 0.3) is 0 Å². The highest BCUT2D eigenvalue weighted by Crippen LogP contribution is 2.64. The van der Waals surface area contributed by atoms with Crippen molar-refractivity contribution in [1.82, 2.24) is 4.90 Å². The molecule has 2 heteroatoms. The first-order valence-electron chi connectivity index (χ1n) is 6.26. The highest BCUT2D eigenvalue weighted by atomic mass is 15.1. The Morgan fingerprint density at radius 1 is 1.00 bits per heavy atom. The van der Waals surface area contributed by atoms with Gasteiger partial charge >= 0.3 is 0 Å². The first-order chi connectivity index (χ1) is 6.74. The lowest BCUT2D eigenvalue weighted by Crippen LogP contribution is -2.36. The summed E-state index contributed by atoms with van der Waals surface area (Å²) in [5, 5.41) is 0. The predicted molar refractivity (Wildman–Crippen MR) is 58.1 cm³/mol. The van der Waals surface area contributed by atoms with Crippen molar-refractivity contribution in [2.24, 2.45) is 11.1 Å². The molecule has 0 spiro atoms. The van der Waals surface area contributed by atoms with Gasteiger partial charge in [-0.1, -0.05) is 0 Å². The molecule has 0 bridgehead atoms. The van der Waals surface area contributed by atoms with Crippen LogP contribution in [0.15, 0.2) is 0 Å². The standard InChI is InChI=1S/C12H22N2/c13-12(5-6-12)11(3-4-11)7-10-14-8-1-2-9-14/h1-10,13H2. The van der Waals surface area contributed by atoms with Gasteiger partial charge in [-0.25, -0.2) is 0 Å². The third kappa shape index (κ3) is 1.40. The molecular formula is C12H22N2. The Morgan fingerprint density at radius 2 is 1.64 bits per heavy atom. The molecule has 2 saturated carbocycles. The van der Waals surface area contributed by atoms with Crippen LogP contribution in [0.2, 0.25) is 0 Å². The summed E-state index contributed by atoms with van der Waals surface area (Å²) in [6, 6.07) is 0.